The Hall–Kier alpha value is -2.37. The molecular formula is C13H13N3O3. The summed E-state index contributed by atoms with van der Waals surface area (Å²) in [5.41, 5.74) is 2.18. The first-order chi connectivity index (χ1) is 9.16. The normalized spacial score (nSPS) is 14.1. The number of nitro groups is 1. The summed E-state index contributed by atoms with van der Waals surface area (Å²) in [7, 11) is 0. The van der Waals surface area contributed by atoms with Gasteiger partial charge in [-0.3, -0.25) is 20.0 Å². The Labute approximate surface area is 108 Å². The summed E-state index contributed by atoms with van der Waals surface area (Å²) in [4.78, 5) is 22.6. The van der Waals surface area contributed by atoms with Gasteiger partial charge in [0.1, 0.15) is 0 Å². The topological polar surface area (TPSA) is 80.9 Å². The lowest BCUT2D eigenvalue weighted by Gasteiger charge is -2.07. The average Bonchev–Trinajstić information content (AvgIpc) is 2.77. The van der Waals surface area contributed by atoms with E-state index >= 15 is 0 Å². The molecule has 6 nitrogen and oxygen atoms in total. The van der Waals surface area contributed by atoms with Crippen LogP contribution < -0.4 is 5.56 Å². The van der Waals surface area contributed by atoms with Crippen LogP contribution in [0, 0.1) is 10.1 Å². The number of hydrogen-bond acceptors (Lipinski definition) is 3. The molecular weight excluding hydrogens is 246 g/mol. The van der Waals surface area contributed by atoms with Crippen LogP contribution in [0.2, 0.25) is 0 Å². The zero-order chi connectivity index (χ0) is 13.4. The standard InChI is InChI=1S/C13H13N3O3/c17-13-11-6-1-2-7-12(11)14-15(13)9-4-3-5-10(8-9)16(18)19/h3-5,8,14H,1-2,6-7H2. The Morgan fingerprint density at radius 3 is 2.79 bits per heavy atom. The number of nitrogens with zero attached hydrogens (tertiary/aromatic N) is 2. The van der Waals surface area contributed by atoms with E-state index in [-0.39, 0.29) is 11.2 Å². The van der Waals surface area contributed by atoms with Crippen molar-refractivity contribution in [3.05, 3.63) is 56.0 Å². The van der Waals surface area contributed by atoms with E-state index in [2.05, 4.69) is 5.10 Å². The highest BCUT2D eigenvalue weighted by molar-refractivity contribution is 5.43. The van der Waals surface area contributed by atoms with Crippen LogP contribution in [-0.2, 0) is 12.8 Å². The van der Waals surface area contributed by atoms with Gasteiger partial charge in [-0.1, -0.05) is 6.07 Å². The maximum atomic E-state index is 12.3. The molecule has 98 valence electrons. The van der Waals surface area contributed by atoms with Crippen molar-refractivity contribution in [3.8, 4) is 5.69 Å². The zero-order valence-corrected chi connectivity index (χ0v) is 10.3. The van der Waals surface area contributed by atoms with Gasteiger partial charge in [-0.05, 0) is 31.7 Å². The summed E-state index contributed by atoms with van der Waals surface area (Å²) in [5.74, 6) is 0. The quantitative estimate of drug-likeness (QED) is 0.661. The summed E-state index contributed by atoms with van der Waals surface area (Å²) in [6.45, 7) is 0. The van der Waals surface area contributed by atoms with Crippen LogP contribution in [0.1, 0.15) is 24.1 Å². The number of aromatic nitrogens is 2. The van der Waals surface area contributed by atoms with E-state index in [4.69, 9.17) is 0 Å². The van der Waals surface area contributed by atoms with E-state index in [9.17, 15) is 14.9 Å². The predicted molar refractivity (Wildman–Crippen MR) is 69.7 cm³/mol. The number of fused-ring (bicyclic) bond motifs is 1. The zero-order valence-electron chi connectivity index (χ0n) is 10.3. The minimum atomic E-state index is -0.461. The van der Waals surface area contributed by atoms with Gasteiger partial charge in [0.15, 0.2) is 0 Å². The van der Waals surface area contributed by atoms with Crippen LogP contribution >= 0.6 is 0 Å². The molecule has 3 rings (SSSR count). The molecule has 1 aliphatic rings. The number of aromatic amines is 1. The Kier molecular flexibility index (Phi) is 2.70. The Balaban J connectivity index is 2.12. The smallest absolute Gasteiger partial charge is 0.274 e. The molecule has 1 aliphatic carbocycles. The number of nitro benzene ring substituents is 1. The van der Waals surface area contributed by atoms with Gasteiger partial charge in [0.05, 0.1) is 10.6 Å². The number of H-pyrrole nitrogens is 1. The molecule has 0 atom stereocenters. The molecule has 1 aromatic heterocycles. The summed E-state index contributed by atoms with van der Waals surface area (Å²) in [6, 6.07) is 6.09. The van der Waals surface area contributed by atoms with Gasteiger partial charge in [0.25, 0.3) is 11.2 Å². The molecule has 0 unspecified atom stereocenters. The van der Waals surface area contributed by atoms with Gasteiger partial charge in [-0.15, -0.1) is 0 Å². The van der Waals surface area contributed by atoms with Gasteiger partial charge in [-0.25, -0.2) is 4.68 Å². The van der Waals surface area contributed by atoms with E-state index < -0.39 is 4.92 Å². The van der Waals surface area contributed by atoms with Gasteiger partial charge < -0.3 is 0 Å². The minimum Gasteiger partial charge on any atom is -0.295 e. The van der Waals surface area contributed by atoms with Crippen LogP contribution in [0.3, 0.4) is 0 Å². The minimum absolute atomic E-state index is 0.0167. The predicted octanol–water partition coefficient (Wildman–Crippen LogP) is 1.95. The molecule has 0 spiro atoms. The summed E-state index contributed by atoms with van der Waals surface area (Å²) >= 11 is 0. The summed E-state index contributed by atoms with van der Waals surface area (Å²) < 4.78 is 1.41. The van der Waals surface area contributed by atoms with E-state index in [0.29, 0.717) is 5.69 Å². The third kappa shape index (κ3) is 1.95. The second kappa shape index (κ2) is 4.38. The fraction of sp³-hybridized carbons (Fsp3) is 0.308. The maximum Gasteiger partial charge on any atom is 0.274 e. The number of hydrogen-bond donors (Lipinski definition) is 1. The lowest BCUT2D eigenvalue weighted by Crippen LogP contribution is -2.18. The van der Waals surface area contributed by atoms with Crippen LogP contribution in [0.15, 0.2) is 29.1 Å². The molecule has 0 amide bonds. The first-order valence-corrected chi connectivity index (χ1v) is 6.24. The molecule has 6 heteroatoms. The highest BCUT2D eigenvalue weighted by atomic mass is 16.6. The fourth-order valence-corrected chi connectivity index (χ4v) is 2.51. The summed E-state index contributed by atoms with van der Waals surface area (Å²) in [6.07, 6.45) is 3.75. The first-order valence-electron chi connectivity index (χ1n) is 6.24. The van der Waals surface area contributed by atoms with Crippen molar-refractivity contribution < 1.29 is 4.92 Å². The number of non-ortho nitro benzene ring substituents is 1. The van der Waals surface area contributed by atoms with Gasteiger partial charge in [0.2, 0.25) is 0 Å². The third-order valence-electron chi connectivity index (χ3n) is 3.47. The highest BCUT2D eigenvalue weighted by Gasteiger charge is 2.18. The van der Waals surface area contributed by atoms with Gasteiger partial charge >= 0.3 is 0 Å². The molecule has 1 N–H and O–H groups in total. The number of benzene rings is 1. The fourth-order valence-electron chi connectivity index (χ4n) is 2.51. The second-order valence-electron chi connectivity index (χ2n) is 4.69. The second-order valence-corrected chi connectivity index (χ2v) is 4.69. The lowest BCUT2D eigenvalue weighted by molar-refractivity contribution is -0.384. The maximum absolute atomic E-state index is 12.3. The molecule has 0 radical (unpaired) electrons. The third-order valence-corrected chi connectivity index (χ3v) is 3.47. The number of rotatable bonds is 2. The number of nitrogens with one attached hydrogen (secondary N) is 1. The van der Waals surface area contributed by atoms with E-state index in [1.807, 2.05) is 0 Å². The van der Waals surface area contributed by atoms with Crippen LogP contribution in [0.25, 0.3) is 5.69 Å². The van der Waals surface area contributed by atoms with Crippen molar-refractivity contribution in [3.63, 3.8) is 0 Å². The first kappa shape index (κ1) is 11.7. The van der Waals surface area contributed by atoms with Crippen LogP contribution in [0.5, 0.6) is 0 Å². The molecule has 0 bridgehead atoms. The van der Waals surface area contributed by atoms with Gasteiger partial charge in [-0.2, -0.15) is 0 Å². The molecule has 1 heterocycles. The molecule has 2 aromatic rings. The molecule has 1 aromatic carbocycles. The SMILES string of the molecule is O=c1c2c([nH]n1-c1cccc([N+](=O)[O-])c1)CCCC2. The molecule has 0 fully saturated rings. The van der Waals surface area contributed by atoms with Crippen molar-refractivity contribution in [2.45, 2.75) is 25.7 Å². The molecule has 0 saturated heterocycles. The largest absolute Gasteiger partial charge is 0.295 e. The van der Waals surface area contributed by atoms with Crippen molar-refractivity contribution in [2.75, 3.05) is 0 Å². The molecule has 0 saturated carbocycles. The highest BCUT2D eigenvalue weighted by Crippen LogP contribution is 2.19. The Morgan fingerprint density at radius 1 is 1.26 bits per heavy atom. The van der Waals surface area contributed by atoms with E-state index in [0.717, 1.165) is 36.9 Å². The average molecular weight is 259 g/mol. The van der Waals surface area contributed by atoms with Gasteiger partial charge in [0, 0.05) is 23.4 Å². The van der Waals surface area contributed by atoms with Crippen LogP contribution in [0.4, 0.5) is 5.69 Å². The Morgan fingerprint density at radius 2 is 2.05 bits per heavy atom. The van der Waals surface area contributed by atoms with Crippen molar-refractivity contribution in [2.24, 2.45) is 0 Å². The monoisotopic (exact) mass is 259 g/mol. The lowest BCUT2D eigenvalue weighted by atomic mass is 9.98. The van der Waals surface area contributed by atoms with E-state index in [1.165, 1.54) is 16.8 Å². The van der Waals surface area contributed by atoms with Crippen molar-refractivity contribution >= 4 is 5.69 Å². The number of aryl methyl sites for hydroxylation is 1. The molecule has 0 aliphatic heterocycles. The van der Waals surface area contributed by atoms with Crippen molar-refractivity contribution in [1.82, 2.24) is 9.78 Å². The Bertz CT molecular complexity index is 699. The summed E-state index contributed by atoms with van der Waals surface area (Å²) in [5, 5.41) is 13.8. The van der Waals surface area contributed by atoms with Crippen molar-refractivity contribution in [1.29, 1.82) is 0 Å². The molecule has 19 heavy (non-hydrogen) atoms. The van der Waals surface area contributed by atoms with E-state index in [1.54, 1.807) is 12.1 Å². The van der Waals surface area contributed by atoms with Crippen LogP contribution in [-0.4, -0.2) is 14.7 Å².